The standard InChI is InChI=1S/C15H21NO/c1-11-14-6-3-7-15(11,8-9-16-14)12-4-2-5-13(17)10-12/h2,4-5,10-11,14,16-17H,3,6-9H2,1H3/t11-,14-,15+/m0/s1. The van der Waals surface area contributed by atoms with Crippen molar-refractivity contribution >= 4 is 0 Å². The molecule has 1 aliphatic heterocycles. The van der Waals surface area contributed by atoms with E-state index < -0.39 is 0 Å². The number of nitrogens with one attached hydrogen (secondary N) is 1. The minimum atomic E-state index is 0.299. The number of benzene rings is 1. The van der Waals surface area contributed by atoms with Gasteiger partial charge in [-0.25, -0.2) is 0 Å². The molecule has 0 aromatic heterocycles. The second-order valence-electron chi connectivity index (χ2n) is 5.70. The largest absolute Gasteiger partial charge is 0.508 e. The van der Waals surface area contributed by atoms with Crippen LogP contribution in [0.15, 0.2) is 24.3 Å². The third-order valence-corrected chi connectivity index (χ3v) is 5.01. The first-order chi connectivity index (χ1) is 8.22. The molecule has 0 amide bonds. The first-order valence-electron chi connectivity index (χ1n) is 6.75. The molecule has 92 valence electrons. The van der Waals surface area contributed by atoms with E-state index in [-0.39, 0.29) is 0 Å². The summed E-state index contributed by atoms with van der Waals surface area (Å²) in [6.45, 7) is 3.49. The Morgan fingerprint density at radius 2 is 2.24 bits per heavy atom. The summed E-state index contributed by atoms with van der Waals surface area (Å²) in [5.41, 5.74) is 1.64. The van der Waals surface area contributed by atoms with Crippen molar-refractivity contribution in [2.75, 3.05) is 6.54 Å². The number of phenolic OH excluding ortho intramolecular Hbond substituents is 1. The van der Waals surface area contributed by atoms with Gasteiger partial charge < -0.3 is 10.4 Å². The first-order valence-corrected chi connectivity index (χ1v) is 6.75. The van der Waals surface area contributed by atoms with Crippen LogP contribution in [0.3, 0.4) is 0 Å². The topological polar surface area (TPSA) is 32.3 Å². The van der Waals surface area contributed by atoms with Gasteiger partial charge in [-0.3, -0.25) is 0 Å². The number of phenols is 1. The van der Waals surface area contributed by atoms with Crippen molar-refractivity contribution < 1.29 is 5.11 Å². The van der Waals surface area contributed by atoms with Crippen molar-refractivity contribution in [2.45, 2.75) is 44.1 Å². The molecule has 3 rings (SSSR count). The predicted molar refractivity (Wildman–Crippen MR) is 69.2 cm³/mol. The lowest BCUT2D eigenvalue weighted by Gasteiger charge is -2.51. The van der Waals surface area contributed by atoms with Gasteiger partial charge in [0.25, 0.3) is 0 Å². The highest BCUT2D eigenvalue weighted by molar-refractivity contribution is 5.35. The zero-order valence-electron chi connectivity index (χ0n) is 10.4. The molecule has 3 atom stereocenters. The van der Waals surface area contributed by atoms with Gasteiger partial charge in [0, 0.05) is 11.5 Å². The lowest BCUT2D eigenvalue weighted by Crippen LogP contribution is -2.55. The van der Waals surface area contributed by atoms with Crippen LogP contribution in [0.4, 0.5) is 0 Å². The average molecular weight is 231 g/mol. The van der Waals surface area contributed by atoms with Gasteiger partial charge in [0.1, 0.15) is 5.75 Å². The normalized spacial score (nSPS) is 36.8. The van der Waals surface area contributed by atoms with Crippen LogP contribution < -0.4 is 5.32 Å². The van der Waals surface area contributed by atoms with Crippen molar-refractivity contribution in [1.82, 2.24) is 5.32 Å². The van der Waals surface area contributed by atoms with E-state index in [1.807, 2.05) is 12.1 Å². The molecule has 0 radical (unpaired) electrons. The van der Waals surface area contributed by atoms with Gasteiger partial charge in [0.15, 0.2) is 0 Å². The van der Waals surface area contributed by atoms with Gasteiger partial charge >= 0.3 is 0 Å². The Morgan fingerprint density at radius 3 is 3.06 bits per heavy atom. The summed E-state index contributed by atoms with van der Waals surface area (Å²) in [5, 5.41) is 13.4. The van der Waals surface area contributed by atoms with Crippen LogP contribution in [0, 0.1) is 5.92 Å². The van der Waals surface area contributed by atoms with Crippen molar-refractivity contribution in [1.29, 1.82) is 0 Å². The van der Waals surface area contributed by atoms with Gasteiger partial charge in [-0.1, -0.05) is 25.5 Å². The van der Waals surface area contributed by atoms with E-state index in [4.69, 9.17) is 0 Å². The van der Waals surface area contributed by atoms with Crippen LogP contribution in [0.5, 0.6) is 5.75 Å². The molecule has 0 unspecified atom stereocenters. The van der Waals surface area contributed by atoms with Crippen LogP contribution in [0.25, 0.3) is 0 Å². The molecule has 2 fully saturated rings. The summed E-state index contributed by atoms with van der Waals surface area (Å²) >= 11 is 0. The summed E-state index contributed by atoms with van der Waals surface area (Å²) in [6, 6.07) is 8.60. The van der Waals surface area contributed by atoms with Crippen LogP contribution >= 0.6 is 0 Å². The Morgan fingerprint density at radius 1 is 1.35 bits per heavy atom. The Balaban J connectivity index is 2.03. The van der Waals surface area contributed by atoms with E-state index in [0.717, 1.165) is 6.54 Å². The fraction of sp³-hybridized carbons (Fsp3) is 0.600. The van der Waals surface area contributed by atoms with Gasteiger partial charge in [-0.15, -0.1) is 0 Å². The van der Waals surface area contributed by atoms with Crippen LogP contribution in [0.1, 0.15) is 38.2 Å². The maximum absolute atomic E-state index is 9.71. The zero-order valence-corrected chi connectivity index (χ0v) is 10.4. The van der Waals surface area contributed by atoms with E-state index in [9.17, 15) is 5.11 Å². The SMILES string of the molecule is C[C@H]1[C@@H]2CCC[C@@]1(c1cccc(O)c1)CCN2. The van der Waals surface area contributed by atoms with Gasteiger partial charge in [0.05, 0.1) is 0 Å². The maximum atomic E-state index is 9.71. The summed E-state index contributed by atoms with van der Waals surface area (Å²) < 4.78 is 0. The van der Waals surface area contributed by atoms with Gasteiger partial charge in [-0.05, 0) is 49.4 Å². The number of hydrogen-bond acceptors (Lipinski definition) is 2. The molecule has 2 heteroatoms. The molecule has 1 aromatic rings. The highest BCUT2D eigenvalue weighted by Gasteiger charge is 2.46. The molecule has 2 N–H and O–H groups in total. The molecular formula is C15H21NO. The third kappa shape index (κ3) is 1.66. The first kappa shape index (κ1) is 11.1. The van der Waals surface area contributed by atoms with E-state index in [1.54, 1.807) is 6.07 Å². The molecule has 2 nitrogen and oxygen atoms in total. The van der Waals surface area contributed by atoms with Crippen LogP contribution in [-0.2, 0) is 5.41 Å². The molecule has 0 spiro atoms. The van der Waals surface area contributed by atoms with Gasteiger partial charge in [0.2, 0.25) is 0 Å². The molecule has 1 saturated carbocycles. The minimum Gasteiger partial charge on any atom is -0.508 e. The average Bonchev–Trinajstić information content (AvgIpc) is 2.29. The Bertz CT molecular complexity index is 405. The monoisotopic (exact) mass is 231 g/mol. The molecule has 2 bridgehead atoms. The third-order valence-electron chi connectivity index (χ3n) is 5.01. The summed E-state index contributed by atoms with van der Waals surface area (Å²) in [6.07, 6.45) is 5.09. The summed E-state index contributed by atoms with van der Waals surface area (Å²) in [5.74, 6) is 1.08. The fourth-order valence-corrected chi connectivity index (χ4v) is 3.98. The summed E-state index contributed by atoms with van der Waals surface area (Å²) in [7, 11) is 0. The van der Waals surface area contributed by atoms with E-state index in [0.29, 0.717) is 23.1 Å². The highest BCUT2D eigenvalue weighted by Crippen LogP contribution is 2.48. The van der Waals surface area contributed by atoms with E-state index in [1.165, 1.54) is 31.2 Å². The zero-order chi connectivity index (χ0) is 11.9. The molecule has 1 aromatic carbocycles. The second kappa shape index (κ2) is 4.02. The van der Waals surface area contributed by atoms with Crippen molar-refractivity contribution in [3.63, 3.8) is 0 Å². The Hall–Kier alpha value is -1.02. The lowest BCUT2D eigenvalue weighted by atomic mass is 9.58. The van der Waals surface area contributed by atoms with Crippen molar-refractivity contribution in [3.05, 3.63) is 29.8 Å². The molecule has 1 saturated heterocycles. The maximum Gasteiger partial charge on any atom is 0.115 e. The predicted octanol–water partition coefficient (Wildman–Crippen LogP) is 2.81. The van der Waals surface area contributed by atoms with Crippen LogP contribution in [-0.4, -0.2) is 17.7 Å². The van der Waals surface area contributed by atoms with E-state index in [2.05, 4.69) is 18.3 Å². The molecule has 1 aliphatic carbocycles. The number of aromatic hydroxyl groups is 1. The highest BCUT2D eigenvalue weighted by atomic mass is 16.3. The van der Waals surface area contributed by atoms with Crippen molar-refractivity contribution in [2.24, 2.45) is 5.92 Å². The minimum absolute atomic E-state index is 0.299. The van der Waals surface area contributed by atoms with Crippen molar-refractivity contribution in [3.8, 4) is 5.75 Å². The van der Waals surface area contributed by atoms with E-state index >= 15 is 0 Å². The number of piperidine rings is 1. The number of rotatable bonds is 1. The fourth-order valence-electron chi connectivity index (χ4n) is 3.98. The quantitative estimate of drug-likeness (QED) is 0.779. The number of fused-ring (bicyclic) bond motifs is 2. The molecule has 17 heavy (non-hydrogen) atoms. The van der Waals surface area contributed by atoms with Gasteiger partial charge in [-0.2, -0.15) is 0 Å². The number of hydrogen-bond donors (Lipinski definition) is 2. The Kier molecular flexibility index (Phi) is 2.62. The molecular weight excluding hydrogens is 210 g/mol. The Labute approximate surface area is 103 Å². The lowest BCUT2D eigenvalue weighted by molar-refractivity contribution is 0.101. The summed E-state index contributed by atoms with van der Waals surface area (Å²) in [4.78, 5) is 0. The smallest absolute Gasteiger partial charge is 0.115 e. The second-order valence-corrected chi connectivity index (χ2v) is 5.70. The van der Waals surface area contributed by atoms with Crippen LogP contribution in [0.2, 0.25) is 0 Å². The molecule has 2 aliphatic rings. The molecule has 1 heterocycles.